The monoisotopic (exact) mass is 332 g/mol. The minimum atomic E-state index is -3.66. The number of nitrogens with one attached hydrogen (secondary N) is 1. The molecule has 0 saturated heterocycles. The summed E-state index contributed by atoms with van der Waals surface area (Å²) in [5.41, 5.74) is 5.32. The first kappa shape index (κ1) is 18.0. The Morgan fingerprint density at radius 3 is 2.22 bits per heavy atom. The van der Waals surface area contributed by atoms with Gasteiger partial charge >= 0.3 is 0 Å². The van der Waals surface area contributed by atoms with Crippen molar-refractivity contribution < 1.29 is 8.42 Å². The number of unbranched alkanes of at least 4 members (excludes halogenated alkanes) is 1. The van der Waals surface area contributed by atoms with E-state index in [2.05, 4.69) is 4.72 Å². The lowest BCUT2D eigenvalue weighted by molar-refractivity contribution is 0.577. The highest BCUT2D eigenvalue weighted by Crippen LogP contribution is 2.28. The first-order chi connectivity index (χ1) is 7.99. The highest BCUT2D eigenvalue weighted by molar-refractivity contribution is 7.89. The second-order valence-corrected chi connectivity index (χ2v) is 5.96. The first-order valence-electron chi connectivity index (χ1n) is 5.13. The smallest absolute Gasteiger partial charge is 0.243 e. The van der Waals surface area contributed by atoms with Crippen LogP contribution in [0.25, 0.3) is 0 Å². The average Bonchev–Trinajstić information content (AvgIpc) is 2.24. The molecule has 0 aliphatic heterocycles. The summed E-state index contributed by atoms with van der Waals surface area (Å²) in [4.78, 5) is -0.0731. The summed E-state index contributed by atoms with van der Waals surface area (Å²) in [5.74, 6) is 0. The van der Waals surface area contributed by atoms with E-state index in [0.717, 1.165) is 6.42 Å². The Kier molecular flexibility index (Phi) is 8.18. The summed E-state index contributed by atoms with van der Waals surface area (Å²) in [6.45, 7) is 0.857. The maximum Gasteiger partial charge on any atom is 0.243 e. The summed E-state index contributed by atoms with van der Waals surface area (Å²) in [6.07, 6.45) is 1.44. The lowest BCUT2D eigenvalue weighted by Crippen LogP contribution is -2.25. The molecule has 0 radical (unpaired) electrons. The van der Waals surface area contributed by atoms with Gasteiger partial charge in [-0.2, -0.15) is 0 Å². The van der Waals surface area contributed by atoms with Crippen LogP contribution in [0.1, 0.15) is 12.8 Å². The molecule has 0 bridgehead atoms. The van der Waals surface area contributed by atoms with Gasteiger partial charge in [0, 0.05) is 6.54 Å². The van der Waals surface area contributed by atoms with E-state index in [1.165, 1.54) is 12.1 Å². The Morgan fingerprint density at radius 1 is 1.17 bits per heavy atom. The fraction of sp³-hybridized carbons (Fsp3) is 0.400. The van der Waals surface area contributed by atoms with Crippen molar-refractivity contribution in [2.45, 2.75) is 17.7 Å². The highest BCUT2D eigenvalue weighted by Gasteiger charge is 2.20. The molecule has 0 spiro atoms. The molecule has 1 aromatic rings. The molecule has 0 unspecified atom stereocenters. The molecule has 3 N–H and O–H groups in total. The van der Waals surface area contributed by atoms with Gasteiger partial charge in [0.05, 0.1) is 10.0 Å². The molecule has 0 heterocycles. The van der Waals surface area contributed by atoms with Crippen molar-refractivity contribution in [3.8, 4) is 0 Å². The van der Waals surface area contributed by atoms with Crippen LogP contribution in [-0.4, -0.2) is 21.5 Å². The zero-order valence-corrected chi connectivity index (χ0v) is 12.7. The SMILES string of the molecule is Cl.NCCCCNS(=O)(=O)c1c(Cl)cccc1Cl. The van der Waals surface area contributed by atoms with Crippen molar-refractivity contribution in [3.63, 3.8) is 0 Å². The zero-order chi connectivity index (χ0) is 12.9. The van der Waals surface area contributed by atoms with Gasteiger partial charge < -0.3 is 5.73 Å². The van der Waals surface area contributed by atoms with Crippen LogP contribution in [0.4, 0.5) is 0 Å². The Labute approximate surface area is 123 Å². The third kappa shape index (κ3) is 4.91. The van der Waals surface area contributed by atoms with Crippen molar-refractivity contribution in [1.29, 1.82) is 0 Å². The lowest BCUT2D eigenvalue weighted by atomic mass is 10.3. The van der Waals surface area contributed by atoms with Gasteiger partial charge in [-0.05, 0) is 31.5 Å². The van der Waals surface area contributed by atoms with Crippen molar-refractivity contribution in [3.05, 3.63) is 28.2 Å². The molecular formula is C10H15Cl3N2O2S. The standard InChI is InChI=1S/C10H14Cl2N2O2S.ClH/c11-8-4-3-5-9(12)10(8)17(15,16)14-7-2-1-6-13;/h3-5,14H,1-2,6-7,13H2;1H. The van der Waals surface area contributed by atoms with Crippen molar-refractivity contribution in [1.82, 2.24) is 4.72 Å². The molecule has 0 aromatic heterocycles. The topological polar surface area (TPSA) is 72.2 Å². The second kappa shape index (κ2) is 8.19. The fourth-order valence-electron chi connectivity index (χ4n) is 1.29. The molecular weight excluding hydrogens is 319 g/mol. The van der Waals surface area contributed by atoms with E-state index < -0.39 is 10.0 Å². The molecule has 0 fully saturated rings. The van der Waals surface area contributed by atoms with Crippen LogP contribution < -0.4 is 10.5 Å². The van der Waals surface area contributed by atoms with E-state index in [1.54, 1.807) is 6.07 Å². The number of rotatable bonds is 6. The van der Waals surface area contributed by atoms with Crippen LogP contribution in [0.15, 0.2) is 23.1 Å². The maximum atomic E-state index is 11.9. The molecule has 0 aliphatic rings. The molecule has 18 heavy (non-hydrogen) atoms. The molecule has 4 nitrogen and oxygen atoms in total. The second-order valence-electron chi connectivity index (χ2n) is 3.44. The third-order valence-electron chi connectivity index (χ3n) is 2.11. The predicted molar refractivity (Wildman–Crippen MR) is 77.2 cm³/mol. The molecule has 8 heteroatoms. The number of sulfonamides is 1. The van der Waals surface area contributed by atoms with Gasteiger partial charge in [0.1, 0.15) is 4.90 Å². The third-order valence-corrected chi connectivity index (χ3v) is 4.53. The average molecular weight is 334 g/mol. The molecule has 1 rings (SSSR count). The highest BCUT2D eigenvalue weighted by atomic mass is 35.5. The normalized spacial score (nSPS) is 11.1. The first-order valence-corrected chi connectivity index (χ1v) is 7.36. The summed E-state index contributed by atoms with van der Waals surface area (Å²) in [7, 11) is -3.66. The van der Waals surface area contributed by atoms with Crippen molar-refractivity contribution in [2.75, 3.05) is 13.1 Å². The quantitative estimate of drug-likeness (QED) is 0.785. The molecule has 1 aromatic carbocycles. The number of hydrogen-bond donors (Lipinski definition) is 2. The van der Waals surface area contributed by atoms with Crippen LogP contribution in [0.3, 0.4) is 0 Å². The van der Waals surface area contributed by atoms with Gasteiger partial charge in [-0.25, -0.2) is 13.1 Å². The van der Waals surface area contributed by atoms with Gasteiger partial charge in [-0.3, -0.25) is 0 Å². The number of halogens is 3. The van der Waals surface area contributed by atoms with Crippen LogP contribution in [0, 0.1) is 0 Å². The van der Waals surface area contributed by atoms with E-state index in [0.29, 0.717) is 19.5 Å². The van der Waals surface area contributed by atoms with E-state index in [9.17, 15) is 8.42 Å². The minimum absolute atomic E-state index is 0. The lowest BCUT2D eigenvalue weighted by Gasteiger charge is -2.09. The molecule has 0 amide bonds. The summed E-state index contributed by atoms with van der Waals surface area (Å²) < 4.78 is 26.3. The number of nitrogens with two attached hydrogens (primary N) is 1. The Bertz CT molecular complexity index is 460. The van der Waals surface area contributed by atoms with Gasteiger partial charge in [-0.1, -0.05) is 29.3 Å². The summed E-state index contributed by atoms with van der Waals surface area (Å²) in [6, 6.07) is 4.57. The number of hydrogen-bond acceptors (Lipinski definition) is 3. The van der Waals surface area contributed by atoms with E-state index in [-0.39, 0.29) is 27.3 Å². The van der Waals surface area contributed by atoms with Gasteiger partial charge in [0.25, 0.3) is 0 Å². The predicted octanol–water partition coefficient (Wildman–Crippen LogP) is 2.43. The minimum Gasteiger partial charge on any atom is -0.330 e. The van der Waals surface area contributed by atoms with Gasteiger partial charge in [-0.15, -0.1) is 12.4 Å². The van der Waals surface area contributed by atoms with Gasteiger partial charge in [0.2, 0.25) is 10.0 Å². The van der Waals surface area contributed by atoms with Crippen molar-refractivity contribution in [2.24, 2.45) is 5.73 Å². The number of benzene rings is 1. The maximum absolute atomic E-state index is 11.9. The molecule has 0 aliphatic carbocycles. The van der Waals surface area contributed by atoms with Crippen LogP contribution in [0.2, 0.25) is 10.0 Å². The Hall–Kier alpha value is -0.0400. The Morgan fingerprint density at radius 2 is 1.72 bits per heavy atom. The molecule has 0 saturated carbocycles. The summed E-state index contributed by atoms with van der Waals surface area (Å²) >= 11 is 11.7. The van der Waals surface area contributed by atoms with Gasteiger partial charge in [0.15, 0.2) is 0 Å². The molecule has 0 atom stereocenters. The summed E-state index contributed by atoms with van der Waals surface area (Å²) in [5, 5.41) is 0.229. The Balaban J connectivity index is 0.00000289. The fourth-order valence-corrected chi connectivity index (χ4v) is 3.50. The van der Waals surface area contributed by atoms with E-state index >= 15 is 0 Å². The largest absolute Gasteiger partial charge is 0.330 e. The van der Waals surface area contributed by atoms with Crippen LogP contribution in [-0.2, 0) is 10.0 Å². The van der Waals surface area contributed by atoms with Crippen molar-refractivity contribution >= 4 is 45.6 Å². The zero-order valence-electron chi connectivity index (χ0n) is 9.53. The van der Waals surface area contributed by atoms with E-state index in [4.69, 9.17) is 28.9 Å². The molecule has 104 valence electrons. The van der Waals surface area contributed by atoms with Crippen LogP contribution >= 0.6 is 35.6 Å². The van der Waals surface area contributed by atoms with Crippen LogP contribution in [0.5, 0.6) is 0 Å². The van der Waals surface area contributed by atoms with E-state index in [1.807, 2.05) is 0 Å².